The number of nitrogens with zero attached hydrogens (tertiary/aromatic N) is 5. The minimum Gasteiger partial charge on any atom is -0.352 e. The third kappa shape index (κ3) is 5.42. The van der Waals surface area contributed by atoms with Crippen molar-refractivity contribution in [1.29, 1.82) is 0 Å². The van der Waals surface area contributed by atoms with Gasteiger partial charge in [0.1, 0.15) is 12.3 Å². The van der Waals surface area contributed by atoms with E-state index in [2.05, 4.69) is 30.4 Å². The lowest BCUT2D eigenvalue weighted by molar-refractivity contribution is -0.134. The highest BCUT2D eigenvalue weighted by Crippen LogP contribution is 2.39. The van der Waals surface area contributed by atoms with E-state index >= 15 is 0 Å². The molecule has 4 aliphatic heterocycles. The molecular formula is C26H39ClFN7O. The van der Waals surface area contributed by atoms with E-state index in [9.17, 15) is 9.18 Å². The van der Waals surface area contributed by atoms with Crippen LogP contribution in [0.4, 0.5) is 4.39 Å². The van der Waals surface area contributed by atoms with E-state index in [0.29, 0.717) is 23.8 Å². The van der Waals surface area contributed by atoms with Crippen molar-refractivity contribution in [2.24, 2.45) is 38.6 Å². The Bertz CT molecular complexity index is 903. The van der Waals surface area contributed by atoms with Gasteiger partial charge in [0.2, 0.25) is 5.91 Å². The number of amides is 1. The zero-order chi connectivity index (χ0) is 24.6. The Morgan fingerprint density at radius 3 is 2.69 bits per heavy atom. The van der Waals surface area contributed by atoms with E-state index in [1.165, 1.54) is 0 Å². The Kier molecular flexibility index (Phi) is 7.21. The lowest BCUT2D eigenvalue weighted by Gasteiger charge is -2.39. The number of nitrogens with one attached hydrogen (secondary N) is 2. The second-order valence-corrected chi connectivity index (χ2v) is 12.2. The molecule has 0 aromatic heterocycles. The molecule has 4 heterocycles. The van der Waals surface area contributed by atoms with Crippen LogP contribution < -0.4 is 10.6 Å². The molecule has 1 amide bonds. The molecule has 8 unspecified atom stereocenters. The Morgan fingerprint density at radius 2 is 1.92 bits per heavy atom. The summed E-state index contributed by atoms with van der Waals surface area (Å²) in [7, 11) is 0. The average Bonchev–Trinajstić information content (AvgIpc) is 3.64. The fourth-order valence-corrected chi connectivity index (χ4v) is 7.31. The maximum absolute atomic E-state index is 14.6. The average molecular weight is 520 g/mol. The Balaban J connectivity index is 0.988. The van der Waals surface area contributed by atoms with Gasteiger partial charge in [0.15, 0.2) is 5.96 Å². The molecule has 4 fully saturated rings. The minimum absolute atomic E-state index is 0.0653. The SMILES string of the molecule is O=C(C1CC1)N1CCN(CC2CC=NC(N=C3NC4CCC(C5C(Cl)C=NCC5F)CC4N3)C2)CC1. The summed E-state index contributed by atoms with van der Waals surface area (Å²) in [6.07, 6.45) is 9.74. The monoisotopic (exact) mass is 519 g/mol. The number of piperazine rings is 1. The van der Waals surface area contributed by atoms with E-state index in [1.807, 2.05) is 6.21 Å². The molecule has 0 aromatic carbocycles. The molecule has 2 aliphatic carbocycles. The molecule has 0 radical (unpaired) electrons. The van der Waals surface area contributed by atoms with E-state index in [-0.39, 0.29) is 36.0 Å². The number of guanidine groups is 1. The molecular weight excluding hydrogens is 481 g/mol. The largest absolute Gasteiger partial charge is 0.352 e. The van der Waals surface area contributed by atoms with Crippen molar-refractivity contribution < 1.29 is 9.18 Å². The van der Waals surface area contributed by atoms with Crippen LogP contribution in [0.2, 0.25) is 0 Å². The molecule has 6 aliphatic rings. The molecule has 0 bridgehead atoms. The number of hydrogen-bond acceptors (Lipinski definition) is 5. The maximum Gasteiger partial charge on any atom is 0.225 e. The molecule has 198 valence electrons. The first kappa shape index (κ1) is 24.6. The molecule has 0 spiro atoms. The first-order valence-electron chi connectivity index (χ1n) is 13.9. The standard InChI is InChI=1S/C26H39ClFN7O/c27-19-13-29-14-20(28)24(19)18-3-4-21-22(12-18)32-26(31-21)33-23-11-16(5-6-30-23)15-34-7-9-35(10-8-34)25(36)17-1-2-17/h6,13,16-24H,1-5,7-12,14-15H2,(H2,31,32,33). The smallest absolute Gasteiger partial charge is 0.225 e. The molecule has 6 rings (SSSR count). The third-order valence-electron chi connectivity index (χ3n) is 9.06. The summed E-state index contributed by atoms with van der Waals surface area (Å²) in [5.41, 5.74) is 0. The van der Waals surface area contributed by atoms with Gasteiger partial charge in [-0.25, -0.2) is 9.38 Å². The molecule has 36 heavy (non-hydrogen) atoms. The quantitative estimate of drug-likeness (QED) is 0.545. The van der Waals surface area contributed by atoms with E-state index in [4.69, 9.17) is 16.6 Å². The van der Waals surface area contributed by atoms with Gasteiger partial charge >= 0.3 is 0 Å². The van der Waals surface area contributed by atoms with Crippen molar-refractivity contribution in [3.63, 3.8) is 0 Å². The fourth-order valence-electron chi connectivity index (χ4n) is 6.87. The molecule has 2 N–H and O–H groups in total. The van der Waals surface area contributed by atoms with Crippen LogP contribution in [0, 0.1) is 23.7 Å². The Morgan fingerprint density at radius 1 is 1.11 bits per heavy atom. The van der Waals surface area contributed by atoms with Gasteiger partial charge in [-0.15, -0.1) is 11.6 Å². The van der Waals surface area contributed by atoms with Gasteiger partial charge in [-0.05, 0) is 56.8 Å². The lowest BCUT2D eigenvalue weighted by Crippen LogP contribution is -2.50. The van der Waals surface area contributed by atoms with Gasteiger partial charge in [-0.2, -0.15) is 0 Å². The van der Waals surface area contributed by atoms with Crippen molar-refractivity contribution >= 4 is 35.9 Å². The maximum atomic E-state index is 14.6. The summed E-state index contributed by atoms with van der Waals surface area (Å²) in [4.78, 5) is 30.6. The third-order valence-corrected chi connectivity index (χ3v) is 9.46. The number of halogens is 2. The van der Waals surface area contributed by atoms with E-state index < -0.39 is 6.17 Å². The van der Waals surface area contributed by atoms with Crippen LogP contribution in [0.25, 0.3) is 0 Å². The van der Waals surface area contributed by atoms with Gasteiger partial charge in [-0.1, -0.05) is 0 Å². The normalized spacial score (nSPS) is 42.2. The van der Waals surface area contributed by atoms with Crippen molar-refractivity contribution in [3.05, 3.63) is 0 Å². The zero-order valence-electron chi connectivity index (χ0n) is 20.9. The van der Waals surface area contributed by atoms with Crippen molar-refractivity contribution in [1.82, 2.24) is 20.4 Å². The predicted molar refractivity (Wildman–Crippen MR) is 141 cm³/mol. The minimum atomic E-state index is -0.947. The highest BCUT2D eigenvalue weighted by Gasteiger charge is 2.44. The first-order chi connectivity index (χ1) is 17.5. The van der Waals surface area contributed by atoms with Crippen LogP contribution >= 0.6 is 11.6 Å². The second kappa shape index (κ2) is 10.6. The van der Waals surface area contributed by atoms with Gasteiger partial charge in [0, 0.05) is 69.1 Å². The highest BCUT2D eigenvalue weighted by molar-refractivity contribution is 6.28. The molecule has 2 saturated carbocycles. The zero-order valence-corrected chi connectivity index (χ0v) is 21.7. The molecule has 8 atom stereocenters. The van der Waals surface area contributed by atoms with Crippen LogP contribution in [-0.4, -0.2) is 103 Å². The van der Waals surface area contributed by atoms with Crippen LogP contribution in [0.5, 0.6) is 0 Å². The highest BCUT2D eigenvalue weighted by atomic mass is 35.5. The van der Waals surface area contributed by atoms with E-state index in [1.54, 1.807) is 6.21 Å². The van der Waals surface area contributed by atoms with E-state index in [0.717, 1.165) is 83.6 Å². The van der Waals surface area contributed by atoms with Gasteiger partial charge < -0.3 is 15.5 Å². The summed E-state index contributed by atoms with van der Waals surface area (Å²) < 4.78 is 14.6. The van der Waals surface area contributed by atoms with Gasteiger partial charge in [0.05, 0.1) is 11.9 Å². The van der Waals surface area contributed by atoms with Crippen LogP contribution in [0.3, 0.4) is 0 Å². The van der Waals surface area contributed by atoms with Crippen molar-refractivity contribution in [2.45, 2.75) is 74.7 Å². The van der Waals surface area contributed by atoms with Gasteiger partial charge in [0.25, 0.3) is 0 Å². The Labute approximate surface area is 218 Å². The predicted octanol–water partition coefficient (Wildman–Crippen LogP) is 2.08. The Hall–Kier alpha value is -1.74. The summed E-state index contributed by atoms with van der Waals surface area (Å²) in [5.74, 6) is 2.18. The molecule has 10 heteroatoms. The van der Waals surface area contributed by atoms with Crippen LogP contribution in [0.1, 0.15) is 44.9 Å². The molecule has 0 aromatic rings. The topological polar surface area (TPSA) is 84.7 Å². The van der Waals surface area contributed by atoms with Crippen LogP contribution in [0.15, 0.2) is 15.0 Å². The van der Waals surface area contributed by atoms with Crippen LogP contribution in [-0.2, 0) is 4.79 Å². The van der Waals surface area contributed by atoms with Gasteiger partial charge in [-0.3, -0.25) is 19.7 Å². The van der Waals surface area contributed by atoms with Crippen molar-refractivity contribution in [3.8, 4) is 0 Å². The summed E-state index contributed by atoms with van der Waals surface area (Å²) in [5, 5.41) is 6.85. The number of fused-ring (bicyclic) bond motifs is 1. The second-order valence-electron chi connectivity index (χ2n) is 11.7. The molecule has 8 nitrogen and oxygen atoms in total. The number of alkyl halides is 2. The fraction of sp³-hybridized carbons (Fsp3) is 0.846. The number of carbonyl (C=O) groups excluding carboxylic acids is 1. The first-order valence-corrected chi connectivity index (χ1v) is 14.4. The number of aliphatic imine (C=N–C) groups is 3. The van der Waals surface area contributed by atoms with Crippen molar-refractivity contribution in [2.75, 3.05) is 39.3 Å². The number of rotatable bonds is 5. The summed E-state index contributed by atoms with van der Waals surface area (Å²) in [6.45, 7) is 4.94. The lowest BCUT2D eigenvalue weighted by atomic mass is 9.73. The number of hydrogen-bond donors (Lipinski definition) is 2. The summed E-state index contributed by atoms with van der Waals surface area (Å²) >= 11 is 6.44. The number of carbonyl (C=O) groups is 1. The summed E-state index contributed by atoms with van der Waals surface area (Å²) in [6, 6.07) is 0.595. The molecule has 2 saturated heterocycles.